The summed E-state index contributed by atoms with van der Waals surface area (Å²) in [6.07, 6.45) is 1.09. The number of benzene rings is 3. The van der Waals surface area contributed by atoms with Crippen molar-refractivity contribution in [3.63, 3.8) is 0 Å². The highest BCUT2D eigenvalue weighted by atomic mass is 35.5. The molecular weight excluding hydrogens is 481 g/mol. The molecule has 1 aliphatic heterocycles. The number of hydrogen-bond acceptors (Lipinski definition) is 5. The van der Waals surface area contributed by atoms with Crippen molar-refractivity contribution in [1.82, 2.24) is 5.32 Å². The Morgan fingerprint density at radius 3 is 2.27 bits per heavy atom. The smallest absolute Gasteiger partial charge is 0.257 e. The number of rotatable bonds is 5. The van der Waals surface area contributed by atoms with Gasteiger partial charge < -0.3 is 15.5 Å². The zero-order valence-electron chi connectivity index (χ0n) is 17.9. The van der Waals surface area contributed by atoms with E-state index in [1.54, 1.807) is 18.2 Å². The molecule has 3 aromatic rings. The van der Waals surface area contributed by atoms with Crippen LogP contribution in [-0.2, 0) is 9.84 Å². The Kier molecular flexibility index (Phi) is 6.95. The number of nitrogens with one attached hydrogen (secondary N) is 2. The van der Waals surface area contributed by atoms with Crippen molar-refractivity contribution in [1.29, 1.82) is 0 Å². The van der Waals surface area contributed by atoms with Crippen molar-refractivity contribution in [3.8, 4) is 11.1 Å². The number of carbonyl (C=O) groups excluding carboxylic acids is 1. The maximum absolute atomic E-state index is 12.8. The van der Waals surface area contributed by atoms with E-state index in [9.17, 15) is 13.2 Å². The number of piperazine rings is 1. The zero-order valence-corrected chi connectivity index (χ0v) is 20.3. The maximum atomic E-state index is 12.8. The maximum Gasteiger partial charge on any atom is 0.257 e. The van der Waals surface area contributed by atoms with E-state index in [2.05, 4.69) is 27.7 Å². The third-order valence-electron chi connectivity index (χ3n) is 5.50. The molecule has 33 heavy (non-hydrogen) atoms. The van der Waals surface area contributed by atoms with Gasteiger partial charge in [-0.15, -0.1) is 0 Å². The van der Waals surface area contributed by atoms with E-state index in [4.69, 9.17) is 23.2 Å². The first-order chi connectivity index (χ1) is 15.7. The van der Waals surface area contributed by atoms with Crippen LogP contribution in [0.5, 0.6) is 0 Å². The minimum atomic E-state index is -3.42. The predicted molar refractivity (Wildman–Crippen MR) is 134 cm³/mol. The molecule has 0 aromatic heterocycles. The van der Waals surface area contributed by atoms with Crippen molar-refractivity contribution in [2.75, 3.05) is 42.7 Å². The third kappa shape index (κ3) is 5.50. The molecule has 6 nitrogen and oxygen atoms in total. The van der Waals surface area contributed by atoms with Crippen LogP contribution in [0.4, 0.5) is 11.4 Å². The molecule has 1 saturated heterocycles. The lowest BCUT2D eigenvalue weighted by Crippen LogP contribution is -2.43. The molecule has 1 heterocycles. The summed E-state index contributed by atoms with van der Waals surface area (Å²) in [6, 6.07) is 17.5. The van der Waals surface area contributed by atoms with Gasteiger partial charge in [0.05, 0.1) is 15.5 Å². The fourth-order valence-electron chi connectivity index (χ4n) is 3.71. The SMILES string of the molecule is CS(=O)(=O)c1ccc(C(=O)Nc2ccc(Cl)c(-c3ccc(N4CCNCC4)cc3)c2)c(Cl)c1. The molecule has 0 atom stereocenters. The average molecular weight is 504 g/mol. The topological polar surface area (TPSA) is 78.5 Å². The number of nitrogens with zero attached hydrogens (tertiary/aromatic N) is 1. The second-order valence-corrected chi connectivity index (χ2v) is 10.7. The summed E-state index contributed by atoms with van der Waals surface area (Å²) in [7, 11) is -3.42. The minimum Gasteiger partial charge on any atom is -0.369 e. The van der Waals surface area contributed by atoms with E-state index in [1.807, 2.05) is 12.1 Å². The normalized spacial score (nSPS) is 14.2. The Hall–Kier alpha value is -2.58. The van der Waals surface area contributed by atoms with Crippen molar-refractivity contribution >= 4 is 50.3 Å². The first-order valence-corrected chi connectivity index (χ1v) is 13.0. The lowest BCUT2D eigenvalue weighted by atomic mass is 10.0. The van der Waals surface area contributed by atoms with E-state index < -0.39 is 15.7 Å². The van der Waals surface area contributed by atoms with Crippen LogP contribution in [0, 0.1) is 0 Å². The lowest BCUT2D eigenvalue weighted by molar-refractivity contribution is 0.102. The highest BCUT2D eigenvalue weighted by Gasteiger charge is 2.16. The summed E-state index contributed by atoms with van der Waals surface area (Å²) in [5.41, 5.74) is 3.62. The van der Waals surface area contributed by atoms with Gasteiger partial charge in [-0.3, -0.25) is 4.79 Å². The number of hydrogen-bond donors (Lipinski definition) is 2. The number of anilines is 2. The molecule has 1 fully saturated rings. The lowest BCUT2D eigenvalue weighted by Gasteiger charge is -2.29. The van der Waals surface area contributed by atoms with Gasteiger partial charge in [0, 0.05) is 54.4 Å². The van der Waals surface area contributed by atoms with Gasteiger partial charge in [0.1, 0.15) is 0 Å². The summed E-state index contributed by atoms with van der Waals surface area (Å²) >= 11 is 12.6. The van der Waals surface area contributed by atoms with Crippen LogP contribution < -0.4 is 15.5 Å². The molecular formula is C24H23Cl2N3O3S. The van der Waals surface area contributed by atoms with Gasteiger partial charge in [-0.2, -0.15) is 0 Å². The standard InChI is InChI=1S/C24H23Cl2N3O3S/c1-33(31,32)19-7-8-20(23(26)15-19)24(30)28-17-4-9-22(25)21(14-17)16-2-5-18(6-3-16)29-12-10-27-11-13-29/h2-9,14-15,27H,10-13H2,1H3,(H,28,30). The van der Waals surface area contributed by atoms with Gasteiger partial charge in [-0.1, -0.05) is 35.3 Å². The van der Waals surface area contributed by atoms with Gasteiger partial charge in [0.25, 0.3) is 5.91 Å². The van der Waals surface area contributed by atoms with Crippen LogP contribution in [0.1, 0.15) is 10.4 Å². The Bertz CT molecular complexity index is 1290. The summed E-state index contributed by atoms with van der Waals surface area (Å²) < 4.78 is 23.4. The second kappa shape index (κ2) is 9.73. The molecule has 0 spiro atoms. The number of amides is 1. The second-order valence-electron chi connectivity index (χ2n) is 7.85. The fraction of sp³-hybridized carbons (Fsp3) is 0.208. The average Bonchev–Trinajstić information content (AvgIpc) is 2.80. The summed E-state index contributed by atoms with van der Waals surface area (Å²) in [4.78, 5) is 15.1. The molecule has 0 bridgehead atoms. The zero-order chi connectivity index (χ0) is 23.6. The van der Waals surface area contributed by atoms with Crippen LogP contribution in [0.15, 0.2) is 65.6 Å². The van der Waals surface area contributed by atoms with E-state index in [-0.39, 0.29) is 15.5 Å². The van der Waals surface area contributed by atoms with Crippen molar-refractivity contribution in [2.24, 2.45) is 0 Å². The minimum absolute atomic E-state index is 0.0575. The molecule has 1 amide bonds. The van der Waals surface area contributed by atoms with Crippen LogP contribution in [0.25, 0.3) is 11.1 Å². The van der Waals surface area contributed by atoms with Crippen LogP contribution in [-0.4, -0.2) is 46.8 Å². The summed E-state index contributed by atoms with van der Waals surface area (Å²) in [5, 5.41) is 6.79. The third-order valence-corrected chi connectivity index (χ3v) is 7.25. The Morgan fingerprint density at radius 1 is 0.939 bits per heavy atom. The van der Waals surface area contributed by atoms with Gasteiger partial charge in [-0.05, 0) is 54.1 Å². The van der Waals surface area contributed by atoms with Crippen LogP contribution in [0.3, 0.4) is 0 Å². The molecule has 172 valence electrons. The van der Waals surface area contributed by atoms with Crippen molar-refractivity contribution < 1.29 is 13.2 Å². The Balaban J connectivity index is 1.54. The number of halogens is 2. The van der Waals surface area contributed by atoms with Crippen molar-refractivity contribution in [2.45, 2.75) is 4.90 Å². The largest absolute Gasteiger partial charge is 0.369 e. The highest BCUT2D eigenvalue weighted by Crippen LogP contribution is 2.32. The van der Waals surface area contributed by atoms with Gasteiger partial charge in [0.15, 0.2) is 9.84 Å². The Labute approximate surface area is 203 Å². The molecule has 1 aliphatic rings. The predicted octanol–water partition coefficient (Wildman–Crippen LogP) is 4.73. The van der Waals surface area contributed by atoms with Crippen LogP contribution >= 0.6 is 23.2 Å². The van der Waals surface area contributed by atoms with Crippen LogP contribution in [0.2, 0.25) is 10.0 Å². The quantitative estimate of drug-likeness (QED) is 0.526. The molecule has 0 saturated carbocycles. The fourth-order valence-corrected chi connectivity index (χ4v) is 4.91. The molecule has 9 heteroatoms. The monoisotopic (exact) mass is 503 g/mol. The molecule has 0 unspecified atom stereocenters. The van der Waals surface area contributed by atoms with E-state index in [0.29, 0.717) is 10.7 Å². The molecule has 0 aliphatic carbocycles. The first kappa shape index (κ1) is 23.6. The Morgan fingerprint density at radius 2 is 1.64 bits per heavy atom. The number of sulfone groups is 1. The van der Waals surface area contributed by atoms with E-state index in [0.717, 1.165) is 49.2 Å². The number of carbonyl (C=O) groups is 1. The van der Waals surface area contributed by atoms with E-state index in [1.165, 1.54) is 18.2 Å². The first-order valence-electron chi connectivity index (χ1n) is 10.4. The molecule has 2 N–H and O–H groups in total. The highest BCUT2D eigenvalue weighted by molar-refractivity contribution is 7.90. The molecule has 4 rings (SSSR count). The van der Waals surface area contributed by atoms with Gasteiger partial charge in [-0.25, -0.2) is 8.42 Å². The molecule has 0 radical (unpaired) electrons. The van der Waals surface area contributed by atoms with Gasteiger partial charge >= 0.3 is 0 Å². The molecule has 3 aromatic carbocycles. The van der Waals surface area contributed by atoms with Gasteiger partial charge in [0.2, 0.25) is 0 Å². The van der Waals surface area contributed by atoms with Crippen molar-refractivity contribution in [3.05, 3.63) is 76.3 Å². The summed E-state index contributed by atoms with van der Waals surface area (Å²) in [6.45, 7) is 3.87. The van der Waals surface area contributed by atoms with E-state index >= 15 is 0 Å². The summed E-state index contributed by atoms with van der Waals surface area (Å²) in [5.74, 6) is -0.442.